The molecule has 98 valence electrons. The van der Waals surface area contributed by atoms with Gasteiger partial charge in [-0.05, 0) is 53.5 Å². The van der Waals surface area contributed by atoms with Crippen LogP contribution in [0.4, 0.5) is 0 Å². The van der Waals surface area contributed by atoms with Crippen LogP contribution in [0.5, 0.6) is 0 Å². The molecule has 2 rings (SSSR count). The molecule has 2 fully saturated rings. The van der Waals surface area contributed by atoms with Crippen LogP contribution in [0.1, 0.15) is 47.0 Å². The Balaban J connectivity index is 2.09. The summed E-state index contributed by atoms with van der Waals surface area (Å²) < 4.78 is 6.14. The van der Waals surface area contributed by atoms with Gasteiger partial charge in [0.1, 0.15) is 6.29 Å². The zero-order valence-corrected chi connectivity index (χ0v) is 11.5. The molecule has 2 aliphatic heterocycles. The van der Waals surface area contributed by atoms with Crippen LogP contribution in [0.15, 0.2) is 0 Å². The fourth-order valence-corrected chi connectivity index (χ4v) is 3.54. The van der Waals surface area contributed by atoms with Crippen molar-refractivity contribution in [3.8, 4) is 0 Å². The van der Waals surface area contributed by atoms with Crippen molar-refractivity contribution >= 4 is 6.29 Å². The average molecular weight is 239 g/mol. The summed E-state index contributed by atoms with van der Waals surface area (Å²) in [5.74, 6) is 0.225. The van der Waals surface area contributed by atoms with E-state index in [1.165, 1.54) is 0 Å². The Morgan fingerprint density at radius 2 is 2.00 bits per heavy atom. The number of aldehydes is 1. The van der Waals surface area contributed by atoms with E-state index in [9.17, 15) is 4.79 Å². The van der Waals surface area contributed by atoms with Crippen LogP contribution in [0, 0.1) is 5.92 Å². The van der Waals surface area contributed by atoms with Crippen molar-refractivity contribution in [3.05, 3.63) is 0 Å². The van der Waals surface area contributed by atoms with Gasteiger partial charge in [-0.25, -0.2) is 0 Å². The van der Waals surface area contributed by atoms with Gasteiger partial charge in [0.15, 0.2) is 0 Å². The number of nitrogens with zero attached hydrogens (tertiary/aromatic N) is 1. The van der Waals surface area contributed by atoms with E-state index < -0.39 is 0 Å². The minimum atomic E-state index is -0.103. The van der Waals surface area contributed by atoms with Gasteiger partial charge < -0.3 is 9.53 Å². The molecule has 0 aromatic rings. The molecule has 2 aliphatic rings. The van der Waals surface area contributed by atoms with E-state index in [1.807, 2.05) is 0 Å². The minimum Gasteiger partial charge on any atom is -0.368 e. The molecule has 2 unspecified atom stereocenters. The molecule has 0 bridgehead atoms. The fraction of sp³-hybridized carbons (Fsp3) is 0.929. The van der Waals surface area contributed by atoms with Crippen molar-refractivity contribution < 1.29 is 9.53 Å². The zero-order valence-electron chi connectivity index (χ0n) is 11.5. The molecule has 0 N–H and O–H groups in total. The maximum Gasteiger partial charge on any atom is 0.124 e. The highest BCUT2D eigenvalue weighted by molar-refractivity contribution is 5.54. The highest BCUT2D eigenvalue weighted by Crippen LogP contribution is 2.41. The van der Waals surface area contributed by atoms with Gasteiger partial charge in [0.05, 0.1) is 11.2 Å². The van der Waals surface area contributed by atoms with E-state index in [4.69, 9.17) is 4.74 Å². The second kappa shape index (κ2) is 4.36. The molecule has 3 nitrogen and oxygen atoms in total. The number of likely N-dealkylation sites (tertiary alicyclic amines) is 1. The molecule has 2 atom stereocenters. The van der Waals surface area contributed by atoms with Crippen LogP contribution in [0.25, 0.3) is 0 Å². The van der Waals surface area contributed by atoms with Gasteiger partial charge in [-0.3, -0.25) is 4.90 Å². The van der Waals surface area contributed by atoms with Crippen LogP contribution in [0.2, 0.25) is 0 Å². The van der Waals surface area contributed by atoms with E-state index in [0.717, 1.165) is 38.6 Å². The minimum absolute atomic E-state index is 0.0394. The maximum absolute atomic E-state index is 11.0. The Hall–Kier alpha value is -0.410. The van der Waals surface area contributed by atoms with Gasteiger partial charge in [-0.1, -0.05) is 0 Å². The second-order valence-corrected chi connectivity index (χ2v) is 6.72. The van der Waals surface area contributed by atoms with E-state index in [1.54, 1.807) is 0 Å². The molecule has 0 aromatic carbocycles. The molecule has 2 heterocycles. The molecule has 3 heteroatoms. The van der Waals surface area contributed by atoms with Gasteiger partial charge in [0.2, 0.25) is 0 Å². The van der Waals surface area contributed by atoms with Crippen LogP contribution < -0.4 is 0 Å². The van der Waals surface area contributed by atoms with E-state index in [0.29, 0.717) is 6.04 Å². The quantitative estimate of drug-likeness (QED) is 0.692. The number of rotatable bonds is 2. The Kier molecular flexibility index (Phi) is 3.34. The molecule has 0 radical (unpaired) electrons. The maximum atomic E-state index is 11.0. The van der Waals surface area contributed by atoms with E-state index in [-0.39, 0.29) is 17.1 Å². The lowest BCUT2D eigenvalue weighted by atomic mass is 9.89. The highest BCUT2D eigenvalue weighted by Gasteiger charge is 2.48. The number of hydrogen-bond acceptors (Lipinski definition) is 3. The van der Waals surface area contributed by atoms with Crippen molar-refractivity contribution in [3.63, 3.8) is 0 Å². The number of carbonyl (C=O) groups is 1. The fourth-order valence-electron chi connectivity index (χ4n) is 3.54. The third kappa shape index (κ3) is 2.71. The van der Waals surface area contributed by atoms with E-state index >= 15 is 0 Å². The summed E-state index contributed by atoms with van der Waals surface area (Å²) >= 11 is 0. The first kappa shape index (κ1) is 13.0. The molecular formula is C14H25NO2. The lowest BCUT2D eigenvalue weighted by molar-refractivity contribution is -0.114. The number of piperidine rings is 1. The van der Waals surface area contributed by atoms with Crippen LogP contribution >= 0.6 is 0 Å². The summed E-state index contributed by atoms with van der Waals surface area (Å²) in [7, 11) is 0. The standard InChI is InChI=1S/C14H25NO2/c1-13(2)8-12(14(3,4)17-13)15-7-5-6-11(9-15)10-16/h10-12H,5-9H2,1-4H3. The van der Waals surface area contributed by atoms with Gasteiger partial charge in [-0.15, -0.1) is 0 Å². The van der Waals surface area contributed by atoms with Crippen molar-refractivity contribution in [1.82, 2.24) is 4.90 Å². The number of carbonyl (C=O) groups excluding carboxylic acids is 1. The summed E-state index contributed by atoms with van der Waals surface area (Å²) in [6.45, 7) is 10.7. The molecule has 17 heavy (non-hydrogen) atoms. The van der Waals surface area contributed by atoms with Crippen LogP contribution in [-0.2, 0) is 9.53 Å². The van der Waals surface area contributed by atoms with Gasteiger partial charge in [-0.2, -0.15) is 0 Å². The summed E-state index contributed by atoms with van der Waals surface area (Å²) in [5.41, 5.74) is -0.142. The first-order valence-electron chi connectivity index (χ1n) is 6.73. The van der Waals surface area contributed by atoms with Crippen molar-refractivity contribution in [2.24, 2.45) is 5.92 Å². The number of ether oxygens (including phenoxy) is 1. The SMILES string of the molecule is CC1(C)CC(N2CCCC(C=O)C2)C(C)(C)O1. The molecule has 0 aromatic heterocycles. The first-order chi connectivity index (χ1) is 7.84. The summed E-state index contributed by atoms with van der Waals surface area (Å²) in [5, 5.41) is 0. The average Bonchev–Trinajstić information content (AvgIpc) is 2.47. The first-order valence-corrected chi connectivity index (χ1v) is 6.73. The molecule has 0 saturated carbocycles. The highest BCUT2D eigenvalue weighted by atomic mass is 16.5. The third-order valence-corrected chi connectivity index (χ3v) is 4.15. The smallest absolute Gasteiger partial charge is 0.124 e. The molecule has 0 aliphatic carbocycles. The Labute approximate surface area is 105 Å². The Morgan fingerprint density at radius 3 is 2.53 bits per heavy atom. The zero-order chi connectivity index (χ0) is 12.7. The third-order valence-electron chi connectivity index (χ3n) is 4.15. The van der Waals surface area contributed by atoms with Crippen molar-refractivity contribution in [2.45, 2.75) is 64.2 Å². The second-order valence-electron chi connectivity index (χ2n) is 6.72. The van der Waals surface area contributed by atoms with Gasteiger partial charge in [0.25, 0.3) is 0 Å². The summed E-state index contributed by atoms with van der Waals surface area (Å²) in [6, 6.07) is 0.445. The molecule has 0 amide bonds. The summed E-state index contributed by atoms with van der Waals surface area (Å²) in [4.78, 5) is 13.4. The lowest BCUT2D eigenvalue weighted by Gasteiger charge is -2.40. The molecular weight excluding hydrogens is 214 g/mol. The van der Waals surface area contributed by atoms with Crippen molar-refractivity contribution in [1.29, 1.82) is 0 Å². The Bertz CT molecular complexity index is 299. The largest absolute Gasteiger partial charge is 0.368 e. The van der Waals surface area contributed by atoms with Crippen LogP contribution in [0.3, 0.4) is 0 Å². The Morgan fingerprint density at radius 1 is 1.29 bits per heavy atom. The summed E-state index contributed by atoms with van der Waals surface area (Å²) in [6.07, 6.45) is 4.37. The van der Waals surface area contributed by atoms with Crippen LogP contribution in [-0.4, -0.2) is 41.5 Å². The molecule has 2 saturated heterocycles. The number of hydrogen-bond donors (Lipinski definition) is 0. The topological polar surface area (TPSA) is 29.5 Å². The van der Waals surface area contributed by atoms with Gasteiger partial charge >= 0.3 is 0 Å². The van der Waals surface area contributed by atoms with E-state index in [2.05, 4.69) is 32.6 Å². The monoisotopic (exact) mass is 239 g/mol. The van der Waals surface area contributed by atoms with Gasteiger partial charge in [0, 0.05) is 18.5 Å². The predicted octanol–water partition coefficient (Wildman–Crippen LogP) is 2.24. The predicted molar refractivity (Wildman–Crippen MR) is 68.0 cm³/mol. The van der Waals surface area contributed by atoms with Crippen molar-refractivity contribution in [2.75, 3.05) is 13.1 Å². The lowest BCUT2D eigenvalue weighted by Crippen LogP contribution is -2.50. The normalized spacial score (nSPS) is 36.9. The molecule has 0 spiro atoms.